The fourth-order valence-corrected chi connectivity index (χ4v) is 0.444. The van der Waals surface area contributed by atoms with E-state index < -0.39 is 6.10 Å². The van der Waals surface area contributed by atoms with Gasteiger partial charge in [0.15, 0.2) is 0 Å². The van der Waals surface area contributed by atoms with Crippen LogP contribution in [0.2, 0.25) is 0 Å². The van der Waals surface area contributed by atoms with Gasteiger partial charge in [-0.05, 0) is 13.3 Å². The van der Waals surface area contributed by atoms with Gasteiger partial charge < -0.3 is 20.1 Å². The quantitative estimate of drug-likeness (QED) is 0.515. The molecule has 0 aromatic carbocycles. The first kappa shape index (κ1) is 14.9. The predicted octanol–water partition coefficient (Wildman–Crippen LogP) is -0.709. The first-order chi connectivity index (χ1) is 6.08. The van der Waals surface area contributed by atoms with E-state index in [2.05, 4.69) is 4.74 Å². The molecular weight excluding hydrogens is 176 g/mol. The van der Waals surface area contributed by atoms with Crippen molar-refractivity contribution in [2.75, 3.05) is 19.8 Å². The van der Waals surface area contributed by atoms with Crippen LogP contribution in [-0.2, 0) is 9.53 Å². The van der Waals surface area contributed by atoms with Gasteiger partial charge in [-0.25, -0.2) is 0 Å². The summed E-state index contributed by atoms with van der Waals surface area (Å²) >= 11 is 0. The molecule has 0 aliphatic carbocycles. The molecule has 1 unspecified atom stereocenters. The van der Waals surface area contributed by atoms with E-state index in [1.54, 1.807) is 6.92 Å². The van der Waals surface area contributed by atoms with E-state index in [0.29, 0.717) is 6.61 Å². The molecule has 5 nitrogen and oxygen atoms in total. The van der Waals surface area contributed by atoms with Crippen LogP contribution in [0.15, 0.2) is 0 Å². The Kier molecular flexibility index (Phi) is 13.0. The van der Waals surface area contributed by atoms with Gasteiger partial charge in [0.1, 0.15) is 0 Å². The molecular formula is C8H18O5. The van der Waals surface area contributed by atoms with Crippen LogP contribution in [0.3, 0.4) is 0 Å². The maximum atomic E-state index is 9.82. The van der Waals surface area contributed by atoms with Crippen LogP contribution >= 0.6 is 0 Å². The van der Waals surface area contributed by atoms with E-state index in [9.17, 15) is 4.79 Å². The fraction of sp³-hybridized carbons (Fsp3) is 0.875. The second-order valence-corrected chi connectivity index (χ2v) is 2.27. The molecule has 0 heterocycles. The second-order valence-electron chi connectivity index (χ2n) is 2.27. The minimum atomic E-state index is -0.745. The van der Waals surface area contributed by atoms with Crippen molar-refractivity contribution in [2.45, 2.75) is 26.4 Å². The average Bonchev–Trinajstić information content (AvgIpc) is 2.05. The Morgan fingerprint density at radius 3 is 2.08 bits per heavy atom. The highest BCUT2D eigenvalue weighted by Crippen LogP contribution is 1.84. The molecule has 0 bridgehead atoms. The molecule has 0 aromatic rings. The fourth-order valence-electron chi connectivity index (χ4n) is 0.444. The molecule has 0 fully saturated rings. The van der Waals surface area contributed by atoms with Crippen LogP contribution in [0.4, 0.5) is 0 Å². The summed E-state index contributed by atoms with van der Waals surface area (Å²) in [4.78, 5) is 9.82. The van der Waals surface area contributed by atoms with Crippen LogP contribution < -0.4 is 0 Å². The van der Waals surface area contributed by atoms with Gasteiger partial charge in [0, 0.05) is 13.5 Å². The summed E-state index contributed by atoms with van der Waals surface area (Å²) in [5, 5.41) is 24.6. The third-order valence-corrected chi connectivity index (χ3v) is 1.02. The maximum absolute atomic E-state index is 9.82. The third kappa shape index (κ3) is 18.4. The standard InChI is InChI=1S/C4H10O3.C4H8O2/c5-2-1-4(7)3-6;1-3-6-4(2)5/h4-7H,1-3H2;3H2,1-2H3. The van der Waals surface area contributed by atoms with E-state index in [1.807, 2.05) is 0 Å². The van der Waals surface area contributed by atoms with Crippen LogP contribution in [0.1, 0.15) is 20.3 Å². The lowest BCUT2D eigenvalue weighted by molar-refractivity contribution is -0.140. The highest BCUT2D eigenvalue weighted by molar-refractivity contribution is 5.65. The normalized spacial score (nSPS) is 11.2. The highest BCUT2D eigenvalue weighted by Gasteiger charge is 1.96. The lowest BCUT2D eigenvalue weighted by Crippen LogP contribution is -2.12. The molecule has 1 atom stereocenters. The Balaban J connectivity index is 0. The van der Waals surface area contributed by atoms with Crippen molar-refractivity contribution in [1.82, 2.24) is 0 Å². The number of hydrogen-bond donors (Lipinski definition) is 3. The Hall–Kier alpha value is -0.650. The van der Waals surface area contributed by atoms with Crippen molar-refractivity contribution in [3.8, 4) is 0 Å². The summed E-state index contributed by atoms with van der Waals surface area (Å²) in [6.45, 7) is 3.32. The molecule has 0 radical (unpaired) electrons. The average molecular weight is 194 g/mol. The van der Waals surface area contributed by atoms with Crippen LogP contribution in [-0.4, -0.2) is 47.2 Å². The predicted molar refractivity (Wildman–Crippen MR) is 47.1 cm³/mol. The van der Waals surface area contributed by atoms with Gasteiger partial charge in [-0.1, -0.05) is 0 Å². The number of carbonyl (C=O) groups excluding carboxylic acids is 1. The van der Waals surface area contributed by atoms with E-state index in [0.717, 1.165) is 0 Å². The number of aliphatic hydroxyl groups is 3. The zero-order valence-electron chi connectivity index (χ0n) is 8.06. The summed E-state index contributed by atoms with van der Waals surface area (Å²) < 4.78 is 4.40. The summed E-state index contributed by atoms with van der Waals surface area (Å²) in [5.41, 5.74) is 0. The maximum Gasteiger partial charge on any atom is 0.302 e. The van der Waals surface area contributed by atoms with E-state index in [-0.39, 0.29) is 25.6 Å². The monoisotopic (exact) mass is 194 g/mol. The molecule has 5 heteroatoms. The molecule has 0 saturated heterocycles. The van der Waals surface area contributed by atoms with Crippen molar-refractivity contribution in [3.63, 3.8) is 0 Å². The summed E-state index contributed by atoms with van der Waals surface area (Å²) in [5.74, 6) is -0.211. The van der Waals surface area contributed by atoms with Crippen molar-refractivity contribution in [2.24, 2.45) is 0 Å². The molecule has 0 spiro atoms. The van der Waals surface area contributed by atoms with Crippen molar-refractivity contribution >= 4 is 5.97 Å². The molecule has 80 valence electrons. The lowest BCUT2D eigenvalue weighted by atomic mass is 10.3. The van der Waals surface area contributed by atoms with E-state index >= 15 is 0 Å². The van der Waals surface area contributed by atoms with Crippen LogP contribution in [0.5, 0.6) is 0 Å². The van der Waals surface area contributed by atoms with Gasteiger partial charge in [0.25, 0.3) is 0 Å². The van der Waals surface area contributed by atoms with E-state index in [1.165, 1.54) is 6.92 Å². The number of aliphatic hydroxyl groups excluding tert-OH is 3. The molecule has 0 saturated carbocycles. The third-order valence-electron chi connectivity index (χ3n) is 1.02. The topological polar surface area (TPSA) is 87.0 Å². The zero-order valence-corrected chi connectivity index (χ0v) is 8.06. The summed E-state index contributed by atoms with van der Waals surface area (Å²) in [6, 6.07) is 0. The molecule has 0 aliphatic heterocycles. The van der Waals surface area contributed by atoms with Gasteiger partial charge in [0.05, 0.1) is 19.3 Å². The Bertz CT molecular complexity index is 115. The van der Waals surface area contributed by atoms with Gasteiger partial charge in [-0.3, -0.25) is 4.79 Å². The van der Waals surface area contributed by atoms with Gasteiger partial charge in [-0.2, -0.15) is 0 Å². The van der Waals surface area contributed by atoms with Gasteiger partial charge >= 0.3 is 5.97 Å². The molecule has 3 N–H and O–H groups in total. The van der Waals surface area contributed by atoms with Crippen molar-refractivity contribution < 1.29 is 24.9 Å². The number of hydrogen-bond acceptors (Lipinski definition) is 5. The zero-order chi connectivity index (χ0) is 10.7. The summed E-state index contributed by atoms with van der Waals surface area (Å²) in [6.07, 6.45) is -0.485. The lowest BCUT2D eigenvalue weighted by Gasteiger charge is -2.00. The van der Waals surface area contributed by atoms with Crippen molar-refractivity contribution in [1.29, 1.82) is 0 Å². The Labute approximate surface area is 78.0 Å². The van der Waals surface area contributed by atoms with Crippen LogP contribution in [0, 0.1) is 0 Å². The Morgan fingerprint density at radius 1 is 1.46 bits per heavy atom. The highest BCUT2D eigenvalue weighted by atomic mass is 16.5. The first-order valence-electron chi connectivity index (χ1n) is 4.11. The minimum Gasteiger partial charge on any atom is -0.466 e. The van der Waals surface area contributed by atoms with Crippen molar-refractivity contribution in [3.05, 3.63) is 0 Å². The Morgan fingerprint density at radius 2 is 2.00 bits per heavy atom. The second kappa shape index (κ2) is 11.4. The first-order valence-corrected chi connectivity index (χ1v) is 4.11. The van der Waals surface area contributed by atoms with E-state index in [4.69, 9.17) is 15.3 Å². The minimum absolute atomic E-state index is 0.0677. The van der Waals surface area contributed by atoms with Gasteiger partial charge in [0.2, 0.25) is 0 Å². The number of rotatable bonds is 4. The molecule has 0 aromatic heterocycles. The molecule has 0 rings (SSSR count). The molecule has 0 aliphatic rings. The largest absolute Gasteiger partial charge is 0.466 e. The SMILES string of the molecule is CCOC(C)=O.OCCC(O)CO. The number of carbonyl (C=O) groups is 1. The smallest absolute Gasteiger partial charge is 0.302 e. The molecule has 0 amide bonds. The number of ether oxygens (including phenoxy) is 1. The number of esters is 1. The summed E-state index contributed by atoms with van der Waals surface area (Å²) in [7, 11) is 0. The molecule has 13 heavy (non-hydrogen) atoms. The van der Waals surface area contributed by atoms with Gasteiger partial charge in [-0.15, -0.1) is 0 Å². The van der Waals surface area contributed by atoms with Crippen LogP contribution in [0.25, 0.3) is 0 Å².